The first-order valence-electron chi connectivity index (χ1n) is 4.95. The zero-order valence-electron chi connectivity index (χ0n) is 8.55. The number of Topliss-reactive ketones (excluding diaryl/α,β-unsaturated/α-hetero) is 1. The Hall–Kier alpha value is -0.570. The molecule has 0 aliphatic heterocycles. The number of rotatable bonds is 5. The van der Waals surface area contributed by atoms with Crippen LogP contribution >= 0.6 is 15.9 Å². The summed E-state index contributed by atoms with van der Waals surface area (Å²) in [6.07, 6.45) is 2.68. The summed E-state index contributed by atoms with van der Waals surface area (Å²) in [5.74, 6) is 1.04. The van der Waals surface area contributed by atoms with Gasteiger partial charge < -0.3 is 4.42 Å². The van der Waals surface area contributed by atoms with E-state index in [0.717, 1.165) is 12.8 Å². The third-order valence-electron chi connectivity index (χ3n) is 2.48. The molecule has 1 aromatic rings. The van der Waals surface area contributed by atoms with Crippen LogP contribution in [0.3, 0.4) is 0 Å². The van der Waals surface area contributed by atoms with Gasteiger partial charge in [-0.15, -0.1) is 0 Å². The minimum atomic E-state index is 0.101. The average Bonchev–Trinajstić information content (AvgIpc) is 2.61. The second-order valence-electron chi connectivity index (χ2n) is 3.41. The molecule has 0 bridgehead atoms. The SMILES string of the molecule is CCC(CC)CC(=O)c1ccc(Br)o1. The van der Waals surface area contributed by atoms with Gasteiger partial charge in [-0.3, -0.25) is 4.79 Å². The van der Waals surface area contributed by atoms with Crippen LogP contribution in [-0.4, -0.2) is 5.78 Å². The molecule has 0 aliphatic carbocycles. The van der Waals surface area contributed by atoms with E-state index in [-0.39, 0.29) is 5.78 Å². The van der Waals surface area contributed by atoms with Gasteiger partial charge in [0.25, 0.3) is 0 Å². The number of ketones is 1. The standard InChI is InChI=1S/C11H15BrO2/c1-3-8(4-2)7-9(13)10-5-6-11(12)14-10/h5-6,8H,3-4,7H2,1-2H3. The monoisotopic (exact) mass is 258 g/mol. The first kappa shape index (κ1) is 11.5. The van der Waals surface area contributed by atoms with Gasteiger partial charge in [-0.1, -0.05) is 26.7 Å². The second kappa shape index (κ2) is 5.35. The molecule has 0 amide bonds. The number of hydrogen-bond acceptors (Lipinski definition) is 2. The van der Waals surface area contributed by atoms with Crippen molar-refractivity contribution in [1.29, 1.82) is 0 Å². The van der Waals surface area contributed by atoms with Gasteiger partial charge in [0.05, 0.1) is 0 Å². The number of carbonyl (C=O) groups is 1. The smallest absolute Gasteiger partial charge is 0.198 e. The maximum absolute atomic E-state index is 11.7. The zero-order chi connectivity index (χ0) is 10.6. The van der Waals surface area contributed by atoms with Gasteiger partial charge in [0.15, 0.2) is 16.2 Å². The molecule has 3 heteroatoms. The van der Waals surface area contributed by atoms with Gasteiger partial charge in [-0.2, -0.15) is 0 Å². The Labute approximate surface area is 92.8 Å². The molecule has 1 rings (SSSR count). The Bertz CT molecular complexity index is 300. The molecule has 14 heavy (non-hydrogen) atoms. The Morgan fingerprint density at radius 2 is 2.07 bits per heavy atom. The van der Waals surface area contributed by atoms with Crippen molar-refractivity contribution in [2.75, 3.05) is 0 Å². The van der Waals surface area contributed by atoms with Crippen LogP contribution in [0.2, 0.25) is 0 Å². The van der Waals surface area contributed by atoms with Crippen molar-refractivity contribution in [3.05, 3.63) is 22.6 Å². The van der Waals surface area contributed by atoms with Crippen LogP contribution in [0.4, 0.5) is 0 Å². The molecule has 1 heterocycles. The Morgan fingerprint density at radius 3 is 2.50 bits per heavy atom. The molecular weight excluding hydrogens is 244 g/mol. The number of carbonyl (C=O) groups excluding carboxylic acids is 1. The van der Waals surface area contributed by atoms with Crippen molar-refractivity contribution in [1.82, 2.24) is 0 Å². The first-order chi connectivity index (χ1) is 6.67. The Kier molecular flexibility index (Phi) is 4.39. The molecule has 0 radical (unpaired) electrons. The van der Waals surface area contributed by atoms with Crippen LogP contribution in [0.5, 0.6) is 0 Å². The molecule has 0 aliphatic rings. The van der Waals surface area contributed by atoms with E-state index in [0.29, 0.717) is 22.8 Å². The molecule has 0 saturated heterocycles. The van der Waals surface area contributed by atoms with E-state index in [1.165, 1.54) is 0 Å². The lowest BCUT2D eigenvalue weighted by Gasteiger charge is -2.09. The summed E-state index contributed by atoms with van der Waals surface area (Å²) in [6, 6.07) is 3.47. The molecular formula is C11H15BrO2. The van der Waals surface area contributed by atoms with Crippen LogP contribution in [0.1, 0.15) is 43.7 Å². The Morgan fingerprint density at radius 1 is 1.43 bits per heavy atom. The maximum Gasteiger partial charge on any atom is 0.198 e. The van der Waals surface area contributed by atoms with Crippen molar-refractivity contribution in [2.45, 2.75) is 33.1 Å². The van der Waals surface area contributed by atoms with Crippen LogP contribution < -0.4 is 0 Å². The lowest BCUT2D eigenvalue weighted by atomic mass is 9.96. The quantitative estimate of drug-likeness (QED) is 0.746. The number of furan rings is 1. The van der Waals surface area contributed by atoms with E-state index in [2.05, 4.69) is 29.8 Å². The van der Waals surface area contributed by atoms with E-state index in [9.17, 15) is 4.79 Å². The maximum atomic E-state index is 11.7. The second-order valence-corrected chi connectivity index (χ2v) is 4.20. The third-order valence-corrected chi connectivity index (χ3v) is 2.90. The molecule has 2 nitrogen and oxygen atoms in total. The normalized spacial score (nSPS) is 10.9. The van der Waals surface area contributed by atoms with Crippen LogP contribution in [0.15, 0.2) is 21.2 Å². The minimum absolute atomic E-state index is 0.101. The van der Waals surface area contributed by atoms with Gasteiger partial charge >= 0.3 is 0 Å². The van der Waals surface area contributed by atoms with Crippen LogP contribution in [-0.2, 0) is 0 Å². The van der Waals surface area contributed by atoms with Crippen molar-refractivity contribution in [2.24, 2.45) is 5.92 Å². The van der Waals surface area contributed by atoms with Gasteiger partial charge in [0, 0.05) is 6.42 Å². The predicted molar refractivity (Wildman–Crippen MR) is 59.4 cm³/mol. The van der Waals surface area contributed by atoms with Crippen LogP contribution in [0.25, 0.3) is 0 Å². The summed E-state index contributed by atoms with van der Waals surface area (Å²) >= 11 is 3.18. The topological polar surface area (TPSA) is 30.2 Å². The van der Waals surface area contributed by atoms with Crippen molar-refractivity contribution >= 4 is 21.7 Å². The summed E-state index contributed by atoms with van der Waals surface area (Å²) in [5.41, 5.74) is 0. The molecule has 0 saturated carbocycles. The lowest BCUT2D eigenvalue weighted by molar-refractivity contribution is 0.0930. The molecule has 78 valence electrons. The van der Waals surface area contributed by atoms with E-state index in [4.69, 9.17) is 4.42 Å². The third kappa shape index (κ3) is 2.98. The van der Waals surface area contributed by atoms with E-state index in [1.807, 2.05) is 0 Å². The molecule has 0 atom stereocenters. The van der Waals surface area contributed by atoms with Crippen molar-refractivity contribution in [3.63, 3.8) is 0 Å². The van der Waals surface area contributed by atoms with E-state index < -0.39 is 0 Å². The number of hydrogen-bond donors (Lipinski definition) is 0. The highest BCUT2D eigenvalue weighted by molar-refractivity contribution is 9.10. The summed E-state index contributed by atoms with van der Waals surface area (Å²) in [6.45, 7) is 4.22. The van der Waals surface area contributed by atoms with E-state index in [1.54, 1.807) is 12.1 Å². The largest absolute Gasteiger partial charge is 0.446 e. The van der Waals surface area contributed by atoms with E-state index >= 15 is 0 Å². The van der Waals surface area contributed by atoms with Crippen LogP contribution in [0, 0.1) is 5.92 Å². The molecule has 1 aromatic heterocycles. The summed E-state index contributed by atoms with van der Waals surface area (Å²) < 4.78 is 5.82. The Balaban J connectivity index is 2.58. The summed E-state index contributed by atoms with van der Waals surface area (Å²) in [5, 5.41) is 0. The van der Waals surface area contributed by atoms with Gasteiger partial charge in [0.1, 0.15) is 0 Å². The van der Waals surface area contributed by atoms with Crippen molar-refractivity contribution < 1.29 is 9.21 Å². The van der Waals surface area contributed by atoms with Gasteiger partial charge in [-0.25, -0.2) is 0 Å². The summed E-state index contributed by atoms with van der Waals surface area (Å²) in [7, 11) is 0. The zero-order valence-corrected chi connectivity index (χ0v) is 10.1. The van der Waals surface area contributed by atoms with Crippen molar-refractivity contribution in [3.8, 4) is 0 Å². The molecule has 0 unspecified atom stereocenters. The highest BCUT2D eigenvalue weighted by Gasteiger charge is 2.15. The number of halogens is 1. The fourth-order valence-corrected chi connectivity index (χ4v) is 1.71. The molecule has 0 N–H and O–H groups in total. The predicted octanol–water partition coefficient (Wildman–Crippen LogP) is 4.05. The minimum Gasteiger partial charge on any atom is -0.446 e. The highest BCUT2D eigenvalue weighted by Crippen LogP contribution is 2.20. The lowest BCUT2D eigenvalue weighted by Crippen LogP contribution is -2.06. The first-order valence-corrected chi connectivity index (χ1v) is 5.75. The molecule has 0 fully saturated rings. The van der Waals surface area contributed by atoms with Gasteiger partial charge in [-0.05, 0) is 34.0 Å². The molecule has 0 aromatic carbocycles. The fourth-order valence-electron chi connectivity index (χ4n) is 1.40. The van der Waals surface area contributed by atoms with Gasteiger partial charge in [0.2, 0.25) is 0 Å². The average molecular weight is 259 g/mol. The highest BCUT2D eigenvalue weighted by atomic mass is 79.9. The summed E-state index contributed by atoms with van der Waals surface area (Å²) in [4.78, 5) is 11.7. The fraction of sp³-hybridized carbons (Fsp3) is 0.545. The molecule has 0 spiro atoms.